The van der Waals surface area contributed by atoms with E-state index < -0.39 is 16.9 Å². The molecule has 1 aliphatic heterocycles. The van der Waals surface area contributed by atoms with Crippen LogP contribution in [0.4, 0.5) is 0 Å². The van der Waals surface area contributed by atoms with Gasteiger partial charge in [-0.25, -0.2) is 4.79 Å². The first kappa shape index (κ1) is 19.8. The Labute approximate surface area is 173 Å². The molecule has 7 nitrogen and oxygen atoms in total. The SMILES string of the molecule is Cc1cccc(C2(C#N)CCN(Cc3cc(C(=O)O)c(=O)n4ccccc34)CC2)n1. The highest BCUT2D eigenvalue weighted by Gasteiger charge is 2.38. The van der Waals surface area contributed by atoms with E-state index in [2.05, 4.69) is 16.0 Å². The monoisotopic (exact) mass is 402 g/mol. The van der Waals surface area contributed by atoms with Crippen molar-refractivity contribution in [3.63, 3.8) is 0 Å². The standard InChI is InChI=1S/C23H22N4O3/c1-16-5-4-7-20(25-16)23(15-24)8-11-26(12-9-23)14-17-13-18(22(29)30)21(28)27-10-3-2-6-19(17)27/h2-7,10,13H,8-9,11-12,14H2,1H3,(H,29,30). The van der Waals surface area contributed by atoms with E-state index in [1.807, 2.05) is 37.3 Å². The van der Waals surface area contributed by atoms with Crippen molar-refractivity contribution in [3.8, 4) is 6.07 Å². The van der Waals surface area contributed by atoms with Crippen molar-refractivity contribution in [3.05, 3.63) is 81.5 Å². The van der Waals surface area contributed by atoms with Gasteiger partial charge in [0.15, 0.2) is 0 Å². The number of carboxylic acids is 1. The molecule has 0 atom stereocenters. The van der Waals surface area contributed by atoms with Gasteiger partial charge in [0.2, 0.25) is 0 Å². The van der Waals surface area contributed by atoms with E-state index in [-0.39, 0.29) is 5.56 Å². The lowest BCUT2D eigenvalue weighted by atomic mass is 9.76. The van der Waals surface area contributed by atoms with E-state index in [1.165, 1.54) is 10.5 Å². The highest BCUT2D eigenvalue weighted by atomic mass is 16.4. The third-order valence-corrected chi connectivity index (χ3v) is 5.88. The summed E-state index contributed by atoms with van der Waals surface area (Å²) in [6.07, 6.45) is 2.89. The van der Waals surface area contributed by atoms with Gasteiger partial charge in [-0.2, -0.15) is 5.26 Å². The molecule has 0 aromatic carbocycles. The quantitative estimate of drug-likeness (QED) is 0.720. The van der Waals surface area contributed by atoms with Crippen molar-refractivity contribution in [1.29, 1.82) is 5.26 Å². The molecule has 1 aliphatic rings. The van der Waals surface area contributed by atoms with Crippen LogP contribution in [0.5, 0.6) is 0 Å². The van der Waals surface area contributed by atoms with Gasteiger partial charge >= 0.3 is 5.97 Å². The zero-order chi connectivity index (χ0) is 21.3. The summed E-state index contributed by atoms with van der Waals surface area (Å²) in [6, 6.07) is 15.1. The van der Waals surface area contributed by atoms with E-state index in [9.17, 15) is 20.0 Å². The van der Waals surface area contributed by atoms with Crippen LogP contribution in [0.3, 0.4) is 0 Å². The summed E-state index contributed by atoms with van der Waals surface area (Å²) in [5.74, 6) is -1.23. The molecule has 1 fully saturated rings. The number of fused-ring (bicyclic) bond motifs is 1. The fraction of sp³-hybridized carbons (Fsp3) is 0.304. The topological polar surface area (TPSA) is 98.7 Å². The molecule has 7 heteroatoms. The smallest absolute Gasteiger partial charge is 0.341 e. The Hall–Kier alpha value is -3.50. The number of aromatic carboxylic acids is 1. The molecular formula is C23H22N4O3. The summed E-state index contributed by atoms with van der Waals surface area (Å²) in [6.45, 7) is 3.80. The van der Waals surface area contributed by atoms with Gasteiger partial charge in [0, 0.05) is 31.5 Å². The van der Waals surface area contributed by atoms with Crippen LogP contribution < -0.4 is 5.56 Å². The molecule has 0 aliphatic carbocycles. The van der Waals surface area contributed by atoms with Crippen molar-refractivity contribution in [2.45, 2.75) is 31.7 Å². The summed E-state index contributed by atoms with van der Waals surface area (Å²) in [5.41, 5.74) is 1.82. The number of pyridine rings is 3. The number of aryl methyl sites for hydroxylation is 1. The number of likely N-dealkylation sites (tertiary alicyclic amines) is 1. The molecule has 3 aromatic rings. The largest absolute Gasteiger partial charge is 0.477 e. The van der Waals surface area contributed by atoms with Crippen LogP contribution in [-0.4, -0.2) is 38.4 Å². The lowest BCUT2D eigenvalue weighted by molar-refractivity contribution is 0.0694. The molecule has 0 spiro atoms. The minimum atomic E-state index is -1.23. The molecule has 4 rings (SSSR count). The Morgan fingerprint density at radius 3 is 2.67 bits per heavy atom. The second-order valence-corrected chi connectivity index (χ2v) is 7.78. The lowest BCUT2D eigenvalue weighted by Gasteiger charge is -2.37. The zero-order valence-corrected chi connectivity index (χ0v) is 16.7. The van der Waals surface area contributed by atoms with Gasteiger partial charge in [-0.3, -0.25) is 19.1 Å². The van der Waals surface area contributed by atoms with Crippen molar-refractivity contribution < 1.29 is 9.90 Å². The van der Waals surface area contributed by atoms with Gasteiger partial charge in [0.05, 0.1) is 17.3 Å². The second-order valence-electron chi connectivity index (χ2n) is 7.78. The first-order chi connectivity index (χ1) is 14.4. The van der Waals surface area contributed by atoms with Gasteiger partial charge in [-0.15, -0.1) is 0 Å². The zero-order valence-electron chi connectivity index (χ0n) is 16.7. The molecule has 4 heterocycles. The van der Waals surface area contributed by atoms with E-state index in [4.69, 9.17) is 0 Å². The molecule has 152 valence electrons. The first-order valence-electron chi connectivity index (χ1n) is 9.88. The van der Waals surface area contributed by atoms with Gasteiger partial charge < -0.3 is 5.11 Å². The number of aromatic nitrogens is 2. The maximum Gasteiger partial charge on any atom is 0.341 e. The fourth-order valence-corrected chi connectivity index (χ4v) is 4.17. The Kier molecular flexibility index (Phi) is 5.10. The predicted octanol–water partition coefficient (Wildman–Crippen LogP) is 2.76. The number of piperidine rings is 1. The van der Waals surface area contributed by atoms with Crippen LogP contribution in [0.1, 0.15) is 40.2 Å². The van der Waals surface area contributed by atoms with E-state index >= 15 is 0 Å². The Bertz CT molecular complexity index is 1220. The molecule has 0 bridgehead atoms. The molecule has 3 aromatic heterocycles. The van der Waals surface area contributed by atoms with Crippen LogP contribution in [0.2, 0.25) is 0 Å². The third-order valence-electron chi connectivity index (χ3n) is 5.88. The van der Waals surface area contributed by atoms with Crippen LogP contribution in [0.15, 0.2) is 53.5 Å². The molecule has 1 N–H and O–H groups in total. The molecular weight excluding hydrogens is 380 g/mol. The summed E-state index contributed by atoms with van der Waals surface area (Å²) >= 11 is 0. The number of hydrogen-bond acceptors (Lipinski definition) is 5. The van der Waals surface area contributed by atoms with Crippen molar-refractivity contribution in [2.24, 2.45) is 0 Å². The molecule has 30 heavy (non-hydrogen) atoms. The van der Waals surface area contributed by atoms with Gasteiger partial charge in [0.1, 0.15) is 11.0 Å². The number of carbonyl (C=O) groups is 1. The Balaban J connectivity index is 1.61. The number of nitrogens with zero attached hydrogens (tertiary/aromatic N) is 4. The lowest BCUT2D eigenvalue weighted by Crippen LogP contribution is -2.42. The van der Waals surface area contributed by atoms with Gasteiger partial charge in [-0.1, -0.05) is 12.1 Å². The first-order valence-corrected chi connectivity index (χ1v) is 9.88. The number of carboxylic acid groups (broad SMARTS) is 1. The van der Waals surface area contributed by atoms with Crippen molar-refractivity contribution in [2.75, 3.05) is 13.1 Å². The highest BCUT2D eigenvalue weighted by Crippen LogP contribution is 2.34. The molecule has 1 saturated heterocycles. The van der Waals surface area contributed by atoms with Crippen LogP contribution in [0.25, 0.3) is 5.52 Å². The average Bonchev–Trinajstić information content (AvgIpc) is 2.76. The molecule has 0 radical (unpaired) electrons. The highest BCUT2D eigenvalue weighted by molar-refractivity contribution is 5.88. The van der Waals surface area contributed by atoms with Crippen molar-refractivity contribution in [1.82, 2.24) is 14.3 Å². The minimum Gasteiger partial charge on any atom is -0.477 e. The molecule has 0 saturated carbocycles. The number of nitriles is 1. The van der Waals surface area contributed by atoms with E-state index in [1.54, 1.807) is 12.3 Å². The van der Waals surface area contributed by atoms with E-state index in [0.29, 0.717) is 38.0 Å². The minimum absolute atomic E-state index is 0.235. The maximum absolute atomic E-state index is 12.4. The summed E-state index contributed by atoms with van der Waals surface area (Å²) < 4.78 is 1.39. The molecule has 0 unspecified atom stereocenters. The van der Waals surface area contributed by atoms with Gasteiger partial charge in [0.25, 0.3) is 5.56 Å². The average molecular weight is 402 g/mol. The number of rotatable bonds is 4. The summed E-state index contributed by atoms with van der Waals surface area (Å²) in [4.78, 5) is 30.8. The van der Waals surface area contributed by atoms with Crippen LogP contribution in [0, 0.1) is 18.3 Å². The Morgan fingerprint density at radius 1 is 1.23 bits per heavy atom. The fourth-order valence-electron chi connectivity index (χ4n) is 4.17. The summed E-state index contributed by atoms with van der Waals surface area (Å²) in [7, 11) is 0. The molecule has 0 amide bonds. The van der Waals surface area contributed by atoms with Gasteiger partial charge in [-0.05, 0) is 55.7 Å². The van der Waals surface area contributed by atoms with Crippen LogP contribution in [-0.2, 0) is 12.0 Å². The summed E-state index contributed by atoms with van der Waals surface area (Å²) in [5, 5.41) is 19.4. The van der Waals surface area contributed by atoms with Crippen molar-refractivity contribution >= 4 is 11.5 Å². The Morgan fingerprint density at radius 2 is 2.00 bits per heavy atom. The number of hydrogen-bond donors (Lipinski definition) is 1. The second kappa shape index (κ2) is 7.73. The normalized spacial score (nSPS) is 16.3. The third kappa shape index (κ3) is 3.46. The predicted molar refractivity (Wildman–Crippen MR) is 111 cm³/mol. The van der Waals surface area contributed by atoms with Crippen LogP contribution >= 0.6 is 0 Å². The maximum atomic E-state index is 12.4. The van der Waals surface area contributed by atoms with E-state index in [0.717, 1.165) is 17.0 Å².